The number of rotatable bonds is 4. The highest BCUT2D eigenvalue weighted by Crippen LogP contribution is 2.64. The van der Waals surface area contributed by atoms with Gasteiger partial charge in [0.15, 0.2) is 0 Å². The Balaban J connectivity index is 0.994. The number of fused-ring (bicyclic) bond motifs is 19. The molecule has 328 valence electrons. The van der Waals surface area contributed by atoms with Crippen LogP contribution in [0.25, 0.3) is 88.4 Å². The first-order valence-electron chi connectivity index (χ1n) is 24.0. The van der Waals surface area contributed by atoms with Crippen molar-refractivity contribution in [2.24, 2.45) is 0 Å². The third-order valence-corrected chi connectivity index (χ3v) is 16.3. The minimum atomic E-state index is -0.335. The zero-order chi connectivity index (χ0) is 46.2. The summed E-state index contributed by atoms with van der Waals surface area (Å²) < 4.78 is 13.8. The van der Waals surface area contributed by atoms with Gasteiger partial charge in [0.1, 0.15) is 22.3 Å². The Kier molecular flexibility index (Phi) is 7.70. The maximum absolute atomic E-state index is 7.04. The Morgan fingerprint density at radius 3 is 1.69 bits per heavy atom. The molecular weight excluding hydrogens is 829 g/mol. The summed E-state index contributed by atoms with van der Waals surface area (Å²) in [4.78, 5) is 6.86. The largest absolute Gasteiger partial charge is 0.455 e. The van der Waals surface area contributed by atoms with Crippen molar-refractivity contribution in [2.75, 3.05) is 4.90 Å². The van der Waals surface area contributed by atoms with E-state index in [1.54, 1.807) is 0 Å². The van der Waals surface area contributed by atoms with Crippen molar-refractivity contribution in [2.45, 2.75) is 71.6 Å². The molecule has 0 saturated heterocycles. The number of pyridine rings is 1. The summed E-state index contributed by atoms with van der Waals surface area (Å²) in [5, 5.41) is 4.72. The maximum atomic E-state index is 7.04. The average molecular weight is 879 g/mol. The molecule has 0 aliphatic heterocycles. The van der Waals surface area contributed by atoms with Crippen LogP contribution in [0.5, 0.6) is 0 Å². The smallest absolute Gasteiger partial charge is 0.144 e. The SMILES string of the molecule is Cc1ccc(N(c2ccc3c(c2)C(C)(C)c2cc(-c4ccncc4)c4oc5ccccc5c4c2-3)c2ccc3c(c2)C(C)(C)c2c4c(c5c(oc6ccccc65)c2-3)-c2ccccc2C4(C)C)c(C)c1. The van der Waals surface area contributed by atoms with Gasteiger partial charge in [-0.1, -0.05) is 132 Å². The number of para-hydroxylation sites is 2. The molecule has 0 unspecified atom stereocenters. The van der Waals surface area contributed by atoms with E-state index in [2.05, 4.69) is 211 Å². The quantitative estimate of drug-likeness (QED) is 0.177. The minimum Gasteiger partial charge on any atom is -0.455 e. The van der Waals surface area contributed by atoms with Gasteiger partial charge < -0.3 is 13.7 Å². The van der Waals surface area contributed by atoms with Gasteiger partial charge in [0.2, 0.25) is 0 Å². The van der Waals surface area contributed by atoms with Gasteiger partial charge in [-0.3, -0.25) is 4.98 Å². The molecule has 0 saturated carbocycles. The van der Waals surface area contributed by atoms with Crippen molar-refractivity contribution in [1.82, 2.24) is 4.98 Å². The van der Waals surface area contributed by atoms with Crippen molar-refractivity contribution in [3.8, 4) is 44.5 Å². The number of hydrogen-bond acceptors (Lipinski definition) is 4. The van der Waals surface area contributed by atoms with Gasteiger partial charge in [-0.15, -0.1) is 0 Å². The fourth-order valence-electron chi connectivity index (χ4n) is 13.1. The summed E-state index contributed by atoms with van der Waals surface area (Å²) in [7, 11) is 0. The first kappa shape index (κ1) is 39.5. The van der Waals surface area contributed by atoms with Crippen molar-refractivity contribution in [3.63, 3.8) is 0 Å². The second-order valence-electron chi connectivity index (χ2n) is 21.2. The lowest BCUT2D eigenvalue weighted by atomic mass is 9.72. The second-order valence-corrected chi connectivity index (χ2v) is 21.2. The zero-order valence-electron chi connectivity index (χ0n) is 39.7. The fraction of sp³-hybridized carbons (Fsp3) is 0.172. The Labute approximate surface area is 396 Å². The number of aromatic nitrogens is 1. The highest BCUT2D eigenvalue weighted by atomic mass is 16.3. The van der Waals surface area contributed by atoms with Crippen LogP contribution in [0.3, 0.4) is 0 Å². The van der Waals surface area contributed by atoms with E-state index in [9.17, 15) is 0 Å². The van der Waals surface area contributed by atoms with E-state index in [0.29, 0.717) is 0 Å². The molecule has 3 aliphatic rings. The molecular formula is C64H50N2O2. The third kappa shape index (κ3) is 4.97. The Bertz CT molecular complexity index is 4030. The normalized spacial score (nSPS) is 15.4. The van der Waals surface area contributed by atoms with Crippen LogP contribution >= 0.6 is 0 Å². The van der Waals surface area contributed by atoms with Gasteiger partial charge in [-0.25, -0.2) is 0 Å². The van der Waals surface area contributed by atoms with Crippen molar-refractivity contribution in [1.29, 1.82) is 0 Å². The molecule has 0 bridgehead atoms. The van der Waals surface area contributed by atoms with Crippen LogP contribution in [-0.2, 0) is 16.2 Å². The highest BCUT2D eigenvalue weighted by molar-refractivity contribution is 6.21. The van der Waals surface area contributed by atoms with Gasteiger partial charge in [0.05, 0.1) is 0 Å². The monoisotopic (exact) mass is 878 g/mol. The van der Waals surface area contributed by atoms with E-state index >= 15 is 0 Å². The van der Waals surface area contributed by atoms with Crippen LogP contribution in [-0.4, -0.2) is 4.98 Å². The zero-order valence-corrected chi connectivity index (χ0v) is 39.7. The lowest BCUT2D eigenvalue weighted by Crippen LogP contribution is -2.24. The molecule has 8 aromatic carbocycles. The maximum Gasteiger partial charge on any atom is 0.144 e. The molecule has 14 rings (SSSR count). The molecule has 0 radical (unpaired) electrons. The lowest BCUT2D eigenvalue weighted by molar-refractivity contribution is 0.600. The predicted octanol–water partition coefficient (Wildman–Crippen LogP) is 17.6. The average Bonchev–Trinajstić information content (AvgIpc) is 4.09. The van der Waals surface area contributed by atoms with E-state index in [4.69, 9.17) is 8.83 Å². The number of aryl methyl sites for hydroxylation is 2. The van der Waals surface area contributed by atoms with Crippen LogP contribution < -0.4 is 4.90 Å². The van der Waals surface area contributed by atoms with Gasteiger partial charge in [0.25, 0.3) is 0 Å². The molecule has 3 aliphatic carbocycles. The minimum absolute atomic E-state index is 0.210. The van der Waals surface area contributed by atoms with Gasteiger partial charge in [-0.05, 0) is 147 Å². The summed E-state index contributed by atoms with van der Waals surface area (Å²) >= 11 is 0. The number of furan rings is 2. The number of benzene rings is 8. The van der Waals surface area contributed by atoms with E-state index in [1.165, 1.54) is 94.0 Å². The molecule has 0 fully saturated rings. The van der Waals surface area contributed by atoms with E-state index in [-0.39, 0.29) is 16.2 Å². The predicted molar refractivity (Wildman–Crippen MR) is 281 cm³/mol. The first-order chi connectivity index (χ1) is 32.8. The fourth-order valence-corrected chi connectivity index (χ4v) is 13.1. The first-order valence-corrected chi connectivity index (χ1v) is 24.0. The molecule has 0 amide bonds. The topological polar surface area (TPSA) is 42.4 Å². The van der Waals surface area contributed by atoms with E-state index in [1.807, 2.05) is 12.4 Å². The van der Waals surface area contributed by atoms with Gasteiger partial charge >= 0.3 is 0 Å². The number of anilines is 3. The third-order valence-electron chi connectivity index (χ3n) is 16.3. The molecule has 0 atom stereocenters. The van der Waals surface area contributed by atoms with Crippen molar-refractivity contribution in [3.05, 3.63) is 202 Å². The summed E-state index contributed by atoms with van der Waals surface area (Å²) in [5.74, 6) is 0. The molecule has 0 spiro atoms. The van der Waals surface area contributed by atoms with Crippen LogP contribution in [0.2, 0.25) is 0 Å². The Morgan fingerprint density at radius 1 is 0.441 bits per heavy atom. The van der Waals surface area contributed by atoms with Crippen LogP contribution in [0.1, 0.15) is 86.1 Å². The van der Waals surface area contributed by atoms with Crippen LogP contribution in [0, 0.1) is 13.8 Å². The second kappa shape index (κ2) is 13.3. The number of nitrogens with zero attached hydrogens (tertiary/aromatic N) is 2. The molecule has 4 nitrogen and oxygen atoms in total. The van der Waals surface area contributed by atoms with Crippen LogP contribution in [0.4, 0.5) is 17.1 Å². The highest BCUT2D eigenvalue weighted by Gasteiger charge is 2.49. The Hall–Kier alpha value is -7.69. The van der Waals surface area contributed by atoms with Crippen molar-refractivity contribution < 1.29 is 8.83 Å². The summed E-state index contributed by atoms with van der Waals surface area (Å²) in [6, 6.07) is 54.0. The summed E-state index contributed by atoms with van der Waals surface area (Å²) in [6.45, 7) is 18.9. The molecule has 68 heavy (non-hydrogen) atoms. The van der Waals surface area contributed by atoms with Crippen molar-refractivity contribution >= 4 is 60.9 Å². The molecule has 3 aromatic heterocycles. The van der Waals surface area contributed by atoms with E-state index in [0.717, 1.165) is 55.9 Å². The van der Waals surface area contributed by atoms with E-state index < -0.39 is 0 Å². The molecule has 0 N–H and O–H groups in total. The lowest BCUT2D eigenvalue weighted by Gasteiger charge is -2.32. The molecule has 11 aromatic rings. The standard InChI is InChI=1S/C64H50N2O2/c1-35-21-26-50(36(2)31-35)66(38-22-24-41-47(32-38)62(3,4)49-34-45(37-27-29-65-30-28-37)60-55(53(41)49)43-16-10-13-19-51(43)67-60)39-23-25-42-48(33-39)64(7,8)59-57(42)61-56(44-17-11-14-20-52(44)68-61)54-40-15-9-12-18-46(40)63(5,6)58(54)59/h9-34H,1-8H3. The summed E-state index contributed by atoms with van der Waals surface area (Å²) in [6.07, 6.45) is 3.74. The molecule has 3 heterocycles. The van der Waals surface area contributed by atoms with Gasteiger partial charge in [0, 0.05) is 78.4 Å². The van der Waals surface area contributed by atoms with Gasteiger partial charge in [-0.2, -0.15) is 0 Å². The molecule has 4 heteroatoms. The summed E-state index contributed by atoms with van der Waals surface area (Å²) in [5.41, 5.74) is 26.7. The Morgan fingerprint density at radius 2 is 1.00 bits per heavy atom. The van der Waals surface area contributed by atoms with Crippen LogP contribution in [0.15, 0.2) is 167 Å². The number of hydrogen-bond donors (Lipinski definition) is 0.